The van der Waals surface area contributed by atoms with Gasteiger partial charge >= 0.3 is 0 Å². The molecule has 0 radical (unpaired) electrons. The third kappa shape index (κ3) is 2.62. The van der Waals surface area contributed by atoms with Crippen LogP contribution in [0.25, 0.3) is 0 Å². The summed E-state index contributed by atoms with van der Waals surface area (Å²) in [5.41, 5.74) is 0.205. The predicted octanol–water partition coefficient (Wildman–Crippen LogP) is 4.65. The minimum absolute atomic E-state index is 0.205. The molecule has 0 unspecified atom stereocenters. The van der Waals surface area contributed by atoms with Crippen LogP contribution in [0.2, 0.25) is 0 Å². The van der Waals surface area contributed by atoms with E-state index in [0.29, 0.717) is 0 Å². The highest BCUT2D eigenvalue weighted by molar-refractivity contribution is 8.29. The van der Waals surface area contributed by atoms with E-state index in [4.69, 9.17) is 0 Å². The van der Waals surface area contributed by atoms with Crippen LogP contribution in [0.5, 0.6) is 0 Å². The van der Waals surface area contributed by atoms with Crippen LogP contribution in [-0.4, -0.2) is 17.4 Å². The fourth-order valence-corrected chi connectivity index (χ4v) is 6.13. The summed E-state index contributed by atoms with van der Waals surface area (Å²) in [5.74, 6) is 0. The monoisotopic (exact) mass is 303 g/mol. The molecule has 0 fully saturated rings. The molecule has 0 bridgehead atoms. The van der Waals surface area contributed by atoms with Crippen molar-refractivity contribution in [3.05, 3.63) is 36.8 Å². The second-order valence-corrected chi connectivity index (χ2v) is 7.27. The number of fused-ring (bicyclic) bond motifs is 1. The molecule has 0 amide bonds. The minimum Gasteiger partial charge on any atom is -0.258 e. The molecule has 7 heteroatoms. The summed E-state index contributed by atoms with van der Waals surface area (Å²) >= 11 is 6.50. The van der Waals surface area contributed by atoms with Gasteiger partial charge in [-0.2, -0.15) is 0 Å². The molecule has 0 saturated carbocycles. The van der Waals surface area contributed by atoms with E-state index in [0.717, 1.165) is 14.0 Å². The van der Waals surface area contributed by atoms with Crippen LogP contribution < -0.4 is 0 Å². The average molecular weight is 303 g/mol. The summed E-state index contributed by atoms with van der Waals surface area (Å²) in [6, 6.07) is 5.24. The molecule has 0 spiro atoms. The van der Waals surface area contributed by atoms with Crippen LogP contribution in [-0.2, 0) is 0 Å². The molecule has 17 heavy (non-hydrogen) atoms. The number of hydrogen-bond acceptors (Lipinski definition) is 6. The van der Waals surface area contributed by atoms with Crippen molar-refractivity contribution in [3.63, 3.8) is 0 Å². The maximum atomic E-state index is 10.9. The Morgan fingerprint density at radius 1 is 1.29 bits per heavy atom. The molecular weight excluding hydrogens is 294 g/mol. The Kier molecular flexibility index (Phi) is 4.35. The van der Waals surface area contributed by atoms with E-state index in [1.54, 1.807) is 47.4 Å². The van der Waals surface area contributed by atoms with Crippen molar-refractivity contribution < 1.29 is 4.92 Å². The lowest BCUT2D eigenvalue weighted by Crippen LogP contribution is -1.89. The van der Waals surface area contributed by atoms with Crippen molar-refractivity contribution in [2.24, 2.45) is 0 Å². The zero-order valence-corrected chi connectivity index (χ0v) is 12.4. The SMILES string of the molecule is CSC(SC)=C1Sc2cccc([N+](=O)[O-])c2S1. The van der Waals surface area contributed by atoms with Crippen LogP contribution >= 0.6 is 47.0 Å². The number of thioether (sulfide) groups is 4. The number of rotatable bonds is 3. The third-order valence-corrected chi connectivity index (χ3v) is 7.36. The Hall–Kier alpha value is -0.240. The van der Waals surface area contributed by atoms with Gasteiger partial charge in [0.2, 0.25) is 0 Å². The fraction of sp³-hybridized carbons (Fsp3) is 0.200. The summed E-state index contributed by atoms with van der Waals surface area (Å²) in [7, 11) is 0. The largest absolute Gasteiger partial charge is 0.284 e. The van der Waals surface area contributed by atoms with Gasteiger partial charge in [-0.3, -0.25) is 10.1 Å². The summed E-state index contributed by atoms with van der Waals surface area (Å²) in [4.78, 5) is 12.4. The Balaban J connectivity index is 2.43. The number of nitrogens with zero attached hydrogens (tertiary/aromatic N) is 1. The van der Waals surface area contributed by atoms with E-state index in [1.165, 1.54) is 16.0 Å². The first-order valence-corrected chi connectivity index (χ1v) is 8.71. The van der Waals surface area contributed by atoms with E-state index in [9.17, 15) is 10.1 Å². The van der Waals surface area contributed by atoms with Crippen LogP contribution in [0.4, 0.5) is 5.69 Å². The van der Waals surface area contributed by atoms with Crippen molar-refractivity contribution in [1.82, 2.24) is 0 Å². The fourth-order valence-electron chi connectivity index (χ4n) is 1.38. The van der Waals surface area contributed by atoms with Gasteiger partial charge in [-0.25, -0.2) is 0 Å². The lowest BCUT2D eigenvalue weighted by molar-refractivity contribution is -0.388. The minimum atomic E-state index is -0.312. The molecule has 0 N–H and O–H groups in total. The van der Waals surface area contributed by atoms with E-state index >= 15 is 0 Å². The molecule has 0 saturated heterocycles. The number of nitro groups is 1. The number of benzene rings is 1. The topological polar surface area (TPSA) is 43.1 Å². The van der Waals surface area contributed by atoms with Gasteiger partial charge in [0.15, 0.2) is 0 Å². The van der Waals surface area contributed by atoms with E-state index in [2.05, 4.69) is 0 Å². The van der Waals surface area contributed by atoms with E-state index in [1.807, 2.05) is 18.6 Å². The maximum absolute atomic E-state index is 10.9. The van der Waals surface area contributed by atoms with Crippen LogP contribution in [0.15, 0.2) is 36.5 Å². The summed E-state index contributed by atoms with van der Waals surface area (Å²) in [5, 5.41) is 10.9. The van der Waals surface area contributed by atoms with Gasteiger partial charge in [0, 0.05) is 11.0 Å². The highest BCUT2D eigenvalue weighted by Gasteiger charge is 2.28. The zero-order chi connectivity index (χ0) is 12.4. The molecule has 1 aromatic carbocycles. The average Bonchev–Trinajstić information content (AvgIpc) is 2.73. The summed E-state index contributed by atoms with van der Waals surface area (Å²) in [6.45, 7) is 0. The molecule has 1 aromatic rings. The van der Waals surface area contributed by atoms with E-state index < -0.39 is 0 Å². The normalized spacial score (nSPS) is 13.6. The Bertz CT molecular complexity index is 495. The lowest BCUT2D eigenvalue weighted by atomic mass is 10.3. The maximum Gasteiger partial charge on any atom is 0.284 e. The third-order valence-electron chi connectivity index (χ3n) is 2.09. The smallest absolute Gasteiger partial charge is 0.258 e. The summed E-state index contributed by atoms with van der Waals surface area (Å²) in [6.07, 6.45) is 4.05. The Morgan fingerprint density at radius 3 is 2.59 bits per heavy atom. The standard InChI is InChI=1S/C10H9NO2S4/c1-14-9(15-2)10-16-7-5-3-4-6(11(12)13)8(7)17-10/h3-5H,1-2H3. The Labute approximate surface area is 116 Å². The second-order valence-electron chi connectivity index (χ2n) is 3.05. The molecular formula is C10H9NO2S4. The van der Waals surface area contributed by atoms with Crippen molar-refractivity contribution in [2.75, 3.05) is 12.5 Å². The van der Waals surface area contributed by atoms with Crippen LogP contribution in [0.1, 0.15) is 0 Å². The highest BCUT2D eigenvalue weighted by Crippen LogP contribution is 2.57. The zero-order valence-electron chi connectivity index (χ0n) is 9.13. The molecule has 3 nitrogen and oxygen atoms in total. The first kappa shape index (κ1) is 13.2. The number of hydrogen-bond donors (Lipinski definition) is 0. The van der Waals surface area contributed by atoms with Crippen LogP contribution in [0, 0.1) is 10.1 Å². The van der Waals surface area contributed by atoms with Gasteiger partial charge in [0.05, 0.1) is 13.4 Å². The van der Waals surface area contributed by atoms with Gasteiger partial charge in [-0.05, 0) is 18.6 Å². The molecule has 0 atom stereocenters. The van der Waals surface area contributed by atoms with Gasteiger partial charge < -0.3 is 0 Å². The van der Waals surface area contributed by atoms with Gasteiger partial charge in [0.25, 0.3) is 5.69 Å². The quantitative estimate of drug-likeness (QED) is 0.598. The van der Waals surface area contributed by atoms with Crippen molar-refractivity contribution in [2.45, 2.75) is 9.79 Å². The van der Waals surface area contributed by atoms with Gasteiger partial charge in [0.1, 0.15) is 4.90 Å². The van der Waals surface area contributed by atoms with Gasteiger partial charge in [-0.1, -0.05) is 29.6 Å². The lowest BCUT2D eigenvalue weighted by Gasteiger charge is -2.02. The molecule has 1 heterocycles. The molecule has 90 valence electrons. The molecule has 0 aromatic heterocycles. The molecule has 1 aliphatic rings. The predicted molar refractivity (Wildman–Crippen MR) is 78.9 cm³/mol. The molecule has 2 rings (SSSR count). The first-order chi connectivity index (χ1) is 8.17. The van der Waals surface area contributed by atoms with Crippen molar-refractivity contribution in [1.29, 1.82) is 0 Å². The second kappa shape index (κ2) is 5.60. The van der Waals surface area contributed by atoms with E-state index in [-0.39, 0.29) is 10.6 Å². The number of nitro benzene ring substituents is 1. The Morgan fingerprint density at radius 2 is 2.00 bits per heavy atom. The summed E-state index contributed by atoms with van der Waals surface area (Å²) < 4.78 is 2.36. The van der Waals surface area contributed by atoms with Crippen molar-refractivity contribution in [3.8, 4) is 0 Å². The van der Waals surface area contributed by atoms with Crippen LogP contribution in [0.3, 0.4) is 0 Å². The molecule has 1 aliphatic heterocycles. The van der Waals surface area contributed by atoms with Crippen molar-refractivity contribution >= 4 is 52.7 Å². The molecule has 0 aliphatic carbocycles. The first-order valence-electron chi connectivity index (χ1n) is 4.62. The highest BCUT2D eigenvalue weighted by atomic mass is 32.2. The van der Waals surface area contributed by atoms with Gasteiger partial charge in [-0.15, -0.1) is 23.5 Å².